The summed E-state index contributed by atoms with van der Waals surface area (Å²) >= 11 is 0. The summed E-state index contributed by atoms with van der Waals surface area (Å²) in [7, 11) is 0. The fraction of sp³-hybridized carbons (Fsp3) is 0.550. The van der Waals surface area contributed by atoms with E-state index >= 15 is 0 Å². The highest BCUT2D eigenvalue weighted by Gasteiger charge is 2.46. The van der Waals surface area contributed by atoms with Gasteiger partial charge in [-0.05, 0) is 37.2 Å². The average Bonchev–Trinajstić information content (AvgIpc) is 3.15. The molecule has 0 radical (unpaired) electrons. The summed E-state index contributed by atoms with van der Waals surface area (Å²) in [6, 6.07) is 10.5. The van der Waals surface area contributed by atoms with Crippen LogP contribution in [0.2, 0.25) is 0 Å². The number of carbonyl (C=O) groups excluding carboxylic acids is 1. The van der Waals surface area contributed by atoms with E-state index in [4.69, 9.17) is 0 Å². The number of aromatic nitrogens is 3. The van der Waals surface area contributed by atoms with E-state index in [1.54, 1.807) is 0 Å². The molecule has 5 rings (SSSR count). The van der Waals surface area contributed by atoms with Gasteiger partial charge in [-0.15, -0.1) is 10.2 Å². The number of hydrogen-bond donors (Lipinski definition) is 0. The molecule has 0 unspecified atom stereocenters. The molecule has 25 heavy (non-hydrogen) atoms. The number of aryl methyl sites for hydroxylation is 1. The second-order valence-corrected chi connectivity index (χ2v) is 7.69. The summed E-state index contributed by atoms with van der Waals surface area (Å²) in [6.45, 7) is 2.80. The molecule has 1 amide bonds. The summed E-state index contributed by atoms with van der Waals surface area (Å²) in [4.78, 5) is 14.9. The van der Waals surface area contributed by atoms with Gasteiger partial charge in [0.05, 0.1) is 0 Å². The fourth-order valence-electron chi connectivity index (χ4n) is 4.60. The van der Waals surface area contributed by atoms with Gasteiger partial charge in [-0.1, -0.05) is 30.3 Å². The minimum atomic E-state index is 0.205. The molecule has 0 bridgehead atoms. The maximum atomic E-state index is 12.8. The van der Waals surface area contributed by atoms with Gasteiger partial charge in [-0.2, -0.15) is 0 Å². The molecule has 0 spiro atoms. The second-order valence-electron chi connectivity index (χ2n) is 7.69. The minimum Gasteiger partial charge on any atom is -0.342 e. The Morgan fingerprint density at radius 1 is 1.04 bits per heavy atom. The highest BCUT2D eigenvalue weighted by Crippen LogP contribution is 2.48. The number of hydrogen-bond acceptors (Lipinski definition) is 3. The molecule has 130 valence electrons. The third-order valence-electron chi connectivity index (χ3n) is 6.15. The van der Waals surface area contributed by atoms with Crippen LogP contribution in [0.4, 0.5) is 0 Å². The molecule has 2 aliphatic heterocycles. The smallest absolute Gasteiger partial charge is 0.226 e. The van der Waals surface area contributed by atoms with E-state index in [9.17, 15) is 4.79 Å². The molecule has 2 atom stereocenters. The lowest BCUT2D eigenvalue weighted by atomic mass is 9.95. The number of nitrogens with zero attached hydrogens (tertiary/aromatic N) is 4. The maximum Gasteiger partial charge on any atom is 0.226 e. The third kappa shape index (κ3) is 2.66. The zero-order valence-corrected chi connectivity index (χ0v) is 14.5. The van der Waals surface area contributed by atoms with Gasteiger partial charge in [0.1, 0.15) is 11.6 Å². The second kappa shape index (κ2) is 5.97. The Morgan fingerprint density at radius 3 is 2.64 bits per heavy atom. The van der Waals surface area contributed by atoms with E-state index in [-0.39, 0.29) is 5.92 Å². The van der Waals surface area contributed by atoms with Gasteiger partial charge in [0.25, 0.3) is 0 Å². The predicted octanol–water partition coefficient (Wildman–Crippen LogP) is 2.73. The zero-order chi connectivity index (χ0) is 16.8. The third-order valence-corrected chi connectivity index (χ3v) is 6.15. The number of amides is 1. The van der Waals surface area contributed by atoms with Gasteiger partial charge < -0.3 is 9.47 Å². The van der Waals surface area contributed by atoms with Gasteiger partial charge in [-0.3, -0.25) is 4.79 Å². The van der Waals surface area contributed by atoms with Crippen molar-refractivity contribution in [2.24, 2.45) is 5.92 Å². The summed E-state index contributed by atoms with van der Waals surface area (Å²) in [6.07, 6.45) is 5.31. The number of fused-ring (bicyclic) bond motifs is 1. The fourth-order valence-corrected chi connectivity index (χ4v) is 4.60. The topological polar surface area (TPSA) is 51.0 Å². The summed E-state index contributed by atoms with van der Waals surface area (Å²) in [5, 5.41) is 8.78. The molecule has 3 heterocycles. The van der Waals surface area contributed by atoms with E-state index in [1.807, 2.05) is 6.07 Å². The number of benzene rings is 1. The van der Waals surface area contributed by atoms with Crippen molar-refractivity contribution in [2.45, 2.75) is 50.5 Å². The normalized spacial score (nSPS) is 25.8. The Bertz CT molecular complexity index is 776. The average molecular weight is 336 g/mol. The SMILES string of the molecule is O=C([C@H]1C[C@@H]1c1ccccc1)N1CCC(c2nnc3n2CCC3)CC1. The van der Waals surface area contributed by atoms with Crippen molar-refractivity contribution in [2.75, 3.05) is 13.1 Å². The molecule has 1 aromatic carbocycles. The van der Waals surface area contributed by atoms with Crippen molar-refractivity contribution in [1.29, 1.82) is 0 Å². The Kier molecular flexibility index (Phi) is 3.61. The molecule has 5 nitrogen and oxygen atoms in total. The first-order valence-corrected chi connectivity index (χ1v) is 9.57. The number of likely N-dealkylation sites (tertiary alicyclic amines) is 1. The van der Waals surface area contributed by atoms with Crippen molar-refractivity contribution in [3.8, 4) is 0 Å². The van der Waals surface area contributed by atoms with Gasteiger partial charge in [0.15, 0.2) is 0 Å². The largest absolute Gasteiger partial charge is 0.342 e. The van der Waals surface area contributed by atoms with Crippen molar-refractivity contribution >= 4 is 5.91 Å². The van der Waals surface area contributed by atoms with E-state index in [1.165, 1.54) is 12.0 Å². The molecule has 0 N–H and O–H groups in total. The Morgan fingerprint density at radius 2 is 1.84 bits per heavy atom. The van der Waals surface area contributed by atoms with E-state index < -0.39 is 0 Å². The van der Waals surface area contributed by atoms with Gasteiger partial charge in [0, 0.05) is 37.9 Å². The van der Waals surface area contributed by atoms with E-state index in [2.05, 4.69) is 43.9 Å². The van der Waals surface area contributed by atoms with Gasteiger partial charge >= 0.3 is 0 Å². The molecular weight excluding hydrogens is 312 g/mol. The van der Waals surface area contributed by atoms with Crippen molar-refractivity contribution in [3.63, 3.8) is 0 Å². The highest BCUT2D eigenvalue weighted by atomic mass is 16.2. The maximum absolute atomic E-state index is 12.8. The highest BCUT2D eigenvalue weighted by molar-refractivity contribution is 5.83. The van der Waals surface area contributed by atoms with Crippen molar-refractivity contribution < 1.29 is 4.79 Å². The van der Waals surface area contributed by atoms with Crippen LogP contribution < -0.4 is 0 Å². The van der Waals surface area contributed by atoms with Crippen LogP contribution in [0.5, 0.6) is 0 Å². The van der Waals surface area contributed by atoms with Crippen LogP contribution in [-0.2, 0) is 17.8 Å². The standard InChI is InChI=1S/C20H24N4O/c25-20(17-13-16(17)14-5-2-1-3-6-14)23-11-8-15(9-12-23)19-22-21-18-7-4-10-24(18)19/h1-3,5-6,15-17H,4,7-13H2/t16-,17+/m1/s1. The van der Waals surface area contributed by atoms with Crippen molar-refractivity contribution in [1.82, 2.24) is 19.7 Å². The number of piperidine rings is 1. The van der Waals surface area contributed by atoms with Crippen LogP contribution in [0, 0.1) is 5.92 Å². The van der Waals surface area contributed by atoms with Crippen molar-refractivity contribution in [3.05, 3.63) is 47.5 Å². The number of rotatable bonds is 3. The lowest BCUT2D eigenvalue weighted by molar-refractivity contribution is -0.133. The lowest BCUT2D eigenvalue weighted by Gasteiger charge is -2.32. The first-order valence-electron chi connectivity index (χ1n) is 9.57. The molecule has 1 aliphatic carbocycles. The minimum absolute atomic E-state index is 0.205. The van der Waals surface area contributed by atoms with Crippen LogP contribution in [0.15, 0.2) is 30.3 Å². The Labute approximate surface area is 148 Å². The monoisotopic (exact) mass is 336 g/mol. The van der Waals surface area contributed by atoms with Crippen LogP contribution in [0.25, 0.3) is 0 Å². The molecular formula is C20H24N4O. The molecule has 3 aliphatic rings. The molecule has 1 saturated carbocycles. The van der Waals surface area contributed by atoms with Crippen LogP contribution in [0.3, 0.4) is 0 Å². The number of carbonyl (C=O) groups is 1. The van der Waals surface area contributed by atoms with E-state index in [0.717, 1.165) is 57.0 Å². The van der Waals surface area contributed by atoms with Gasteiger partial charge in [0.2, 0.25) is 5.91 Å². The van der Waals surface area contributed by atoms with Crippen LogP contribution >= 0.6 is 0 Å². The molecule has 2 fully saturated rings. The Balaban J connectivity index is 1.20. The molecule has 1 aromatic heterocycles. The first kappa shape index (κ1) is 15.1. The quantitative estimate of drug-likeness (QED) is 0.866. The summed E-state index contributed by atoms with van der Waals surface area (Å²) < 4.78 is 2.31. The van der Waals surface area contributed by atoms with E-state index in [0.29, 0.717) is 17.7 Å². The summed E-state index contributed by atoms with van der Waals surface area (Å²) in [5.41, 5.74) is 1.31. The molecule has 1 saturated heterocycles. The molecule has 2 aromatic rings. The predicted molar refractivity (Wildman–Crippen MR) is 94.2 cm³/mol. The zero-order valence-electron chi connectivity index (χ0n) is 14.5. The Hall–Kier alpha value is -2.17. The van der Waals surface area contributed by atoms with Gasteiger partial charge in [-0.25, -0.2) is 0 Å². The molecule has 5 heteroatoms. The first-order chi connectivity index (χ1) is 12.3. The lowest BCUT2D eigenvalue weighted by Crippen LogP contribution is -2.39. The van der Waals surface area contributed by atoms with Crippen LogP contribution in [-0.4, -0.2) is 38.7 Å². The van der Waals surface area contributed by atoms with Crippen LogP contribution in [0.1, 0.15) is 54.7 Å². The summed E-state index contributed by atoms with van der Waals surface area (Å²) in [5.74, 6) is 3.78.